The van der Waals surface area contributed by atoms with Crippen LogP contribution < -0.4 is 0 Å². The molecule has 0 aliphatic rings. The summed E-state index contributed by atoms with van der Waals surface area (Å²) in [7, 11) is 0. The van der Waals surface area contributed by atoms with Crippen molar-refractivity contribution in [2.45, 2.75) is 93.8 Å². The lowest BCUT2D eigenvalue weighted by atomic mass is 9.64. The van der Waals surface area contributed by atoms with Crippen molar-refractivity contribution < 1.29 is 14.3 Å². The highest BCUT2D eigenvalue weighted by Crippen LogP contribution is 2.44. The van der Waals surface area contributed by atoms with Gasteiger partial charge in [0.25, 0.3) is 0 Å². The first-order valence-corrected chi connectivity index (χ1v) is 8.54. The minimum Gasteiger partial charge on any atom is -0.462 e. The van der Waals surface area contributed by atoms with E-state index in [0.29, 0.717) is 12.5 Å². The summed E-state index contributed by atoms with van der Waals surface area (Å²) in [6.07, 6.45) is 1.44. The summed E-state index contributed by atoms with van der Waals surface area (Å²) in [6, 6.07) is 0. The Morgan fingerprint density at radius 3 is 1.82 bits per heavy atom. The van der Waals surface area contributed by atoms with Crippen molar-refractivity contribution in [1.29, 1.82) is 0 Å². The summed E-state index contributed by atoms with van der Waals surface area (Å²) in [6.45, 7) is 21.3. The Morgan fingerprint density at radius 2 is 1.45 bits per heavy atom. The number of esters is 1. The van der Waals surface area contributed by atoms with E-state index in [2.05, 4.69) is 34.6 Å². The number of hydrogen-bond acceptors (Lipinski definition) is 3. The van der Waals surface area contributed by atoms with Crippen molar-refractivity contribution in [2.75, 3.05) is 6.61 Å². The molecule has 132 valence electrons. The topological polar surface area (TPSA) is 35.5 Å². The number of ether oxygens (including phenoxy) is 2. The first kappa shape index (κ1) is 21.4. The molecule has 0 spiro atoms. The fourth-order valence-electron chi connectivity index (χ4n) is 2.41. The van der Waals surface area contributed by atoms with E-state index in [4.69, 9.17) is 9.47 Å². The molecule has 0 aromatic carbocycles. The molecule has 3 nitrogen and oxygen atoms in total. The van der Waals surface area contributed by atoms with Crippen LogP contribution in [0.15, 0.2) is 0 Å². The second kappa shape index (κ2) is 7.81. The zero-order valence-corrected chi connectivity index (χ0v) is 16.5. The Hall–Kier alpha value is -0.570. The zero-order chi connectivity index (χ0) is 17.8. The SMILES string of the molecule is CC(C)CC(C)(C(=O)OC(C)CCOC(C)(C)C)C(C)(C)C. The van der Waals surface area contributed by atoms with Gasteiger partial charge in [-0.05, 0) is 52.4 Å². The first-order valence-electron chi connectivity index (χ1n) is 8.54. The molecule has 0 fully saturated rings. The van der Waals surface area contributed by atoms with Crippen molar-refractivity contribution in [2.24, 2.45) is 16.7 Å². The lowest BCUT2D eigenvalue weighted by Crippen LogP contribution is -2.43. The smallest absolute Gasteiger partial charge is 0.312 e. The summed E-state index contributed by atoms with van der Waals surface area (Å²) >= 11 is 0. The van der Waals surface area contributed by atoms with Gasteiger partial charge in [0.2, 0.25) is 0 Å². The lowest BCUT2D eigenvalue weighted by Gasteiger charge is -2.41. The minimum absolute atomic E-state index is 0.0861. The first-order chi connectivity index (χ1) is 9.69. The van der Waals surface area contributed by atoms with Crippen molar-refractivity contribution in [1.82, 2.24) is 0 Å². The third-order valence-electron chi connectivity index (χ3n) is 4.29. The van der Waals surface area contributed by atoms with Crippen LogP contribution >= 0.6 is 0 Å². The minimum atomic E-state index is -0.472. The van der Waals surface area contributed by atoms with E-state index in [1.54, 1.807) is 0 Å². The maximum atomic E-state index is 12.8. The van der Waals surface area contributed by atoms with E-state index in [0.717, 1.165) is 12.8 Å². The summed E-state index contributed by atoms with van der Waals surface area (Å²) in [4.78, 5) is 12.8. The predicted molar refractivity (Wildman–Crippen MR) is 92.9 cm³/mol. The molecule has 0 aromatic heterocycles. The van der Waals surface area contributed by atoms with Gasteiger partial charge in [-0.1, -0.05) is 34.6 Å². The van der Waals surface area contributed by atoms with Crippen LogP contribution in [0.25, 0.3) is 0 Å². The van der Waals surface area contributed by atoms with Crippen LogP contribution in [-0.4, -0.2) is 24.3 Å². The summed E-state index contributed by atoms with van der Waals surface area (Å²) in [5.74, 6) is 0.369. The van der Waals surface area contributed by atoms with Gasteiger partial charge < -0.3 is 9.47 Å². The van der Waals surface area contributed by atoms with E-state index in [-0.39, 0.29) is 23.1 Å². The lowest BCUT2D eigenvalue weighted by molar-refractivity contribution is -0.169. The molecule has 0 saturated carbocycles. The van der Waals surface area contributed by atoms with Crippen LogP contribution in [0.5, 0.6) is 0 Å². The molecule has 0 aromatic rings. The van der Waals surface area contributed by atoms with Gasteiger partial charge in [-0.2, -0.15) is 0 Å². The van der Waals surface area contributed by atoms with E-state index < -0.39 is 5.41 Å². The molecule has 0 bridgehead atoms. The Labute approximate surface area is 138 Å². The molecule has 0 amide bonds. The summed E-state index contributed by atoms with van der Waals surface area (Å²) in [5, 5.41) is 0. The molecule has 0 N–H and O–H groups in total. The van der Waals surface area contributed by atoms with Crippen molar-refractivity contribution in [3.63, 3.8) is 0 Å². The number of hydrogen-bond donors (Lipinski definition) is 0. The van der Waals surface area contributed by atoms with E-state index >= 15 is 0 Å². The molecule has 0 saturated heterocycles. The monoisotopic (exact) mass is 314 g/mol. The van der Waals surface area contributed by atoms with Crippen LogP contribution in [-0.2, 0) is 14.3 Å². The van der Waals surface area contributed by atoms with Gasteiger partial charge in [0.05, 0.1) is 17.6 Å². The zero-order valence-electron chi connectivity index (χ0n) is 16.5. The third-order valence-corrected chi connectivity index (χ3v) is 4.29. The highest BCUT2D eigenvalue weighted by Gasteiger charge is 2.46. The van der Waals surface area contributed by atoms with Crippen LogP contribution in [0.2, 0.25) is 0 Å². The standard InChI is InChI=1S/C19H38O3/c1-14(2)13-19(10,17(4,5)6)16(20)22-15(3)11-12-21-18(7,8)9/h14-15H,11-13H2,1-10H3. The Kier molecular flexibility index (Phi) is 7.61. The Bertz CT molecular complexity index is 347. The average molecular weight is 315 g/mol. The van der Waals surface area contributed by atoms with Crippen molar-refractivity contribution in [3.8, 4) is 0 Å². The van der Waals surface area contributed by atoms with Crippen LogP contribution in [0.4, 0.5) is 0 Å². The van der Waals surface area contributed by atoms with Gasteiger partial charge in [-0.15, -0.1) is 0 Å². The maximum absolute atomic E-state index is 12.8. The van der Waals surface area contributed by atoms with Gasteiger partial charge >= 0.3 is 5.97 Å². The molecule has 22 heavy (non-hydrogen) atoms. The van der Waals surface area contributed by atoms with E-state index in [1.807, 2.05) is 34.6 Å². The fourth-order valence-corrected chi connectivity index (χ4v) is 2.41. The van der Waals surface area contributed by atoms with E-state index in [1.165, 1.54) is 0 Å². The predicted octanol–water partition coefficient (Wildman–Crippen LogP) is 5.22. The molecule has 0 aliphatic heterocycles. The van der Waals surface area contributed by atoms with Gasteiger partial charge in [0.1, 0.15) is 6.10 Å². The number of carbonyl (C=O) groups is 1. The third kappa shape index (κ3) is 7.13. The maximum Gasteiger partial charge on any atom is 0.312 e. The molecule has 2 unspecified atom stereocenters. The highest BCUT2D eigenvalue weighted by molar-refractivity contribution is 5.77. The molecule has 0 aliphatic carbocycles. The van der Waals surface area contributed by atoms with Crippen LogP contribution in [0, 0.1) is 16.7 Å². The van der Waals surface area contributed by atoms with Gasteiger partial charge in [0, 0.05) is 6.42 Å². The molecule has 3 heteroatoms. The average Bonchev–Trinajstić information content (AvgIpc) is 2.24. The van der Waals surface area contributed by atoms with Crippen molar-refractivity contribution >= 4 is 5.97 Å². The molecular weight excluding hydrogens is 276 g/mol. The summed E-state index contributed by atoms with van der Waals surface area (Å²) in [5.41, 5.74) is -0.752. The van der Waals surface area contributed by atoms with Gasteiger partial charge in [-0.3, -0.25) is 4.79 Å². The number of carbonyl (C=O) groups excluding carboxylic acids is 1. The summed E-state index contributed by atoms with van der Waals surface area (Å²) < 4.78 is 11.4. The quantitative estimate of drug-likeness (QED) is 0.604. The molecular formula is C19H38O3. The second-order valence-electron chi connectivity index (χ2n) is 9.15. The normalized spacial score (nSPS) is 17.2. The number of rotatable bonds is 7. The molecule has 2 atom stereocenters. The van der Waals surface area contributed by atoms with Crippen LogP contribution in [0.1, 0.15) is 82.1 Å². The Morgan fingerprint density at radius 1 is 0.955 bits per heavy atom. The largest absolute Gasteiger partial charge is 0.462 e. The molecule has 0 radical (unpaired) electrons. The molecule has 0 heterocycles. The van der Waals surface area contributed by atoms with Crippen LogP contribution in [0.3, 0.4) is 0 Å². The fraction of sp³-hybridized carbons (Fsp3) is 0.947. The van der Waals surface area contributed by atoms with Crippen molar-refractivity contribution in [3.05, 3.63) is 0 Å². The molecule has 0 rings (SSSR count). The van der Waals surface area contributed by atoms with E-state index in [9.17, 15) is 4.79 Å². The van der Waals surface area contributed by atoms with Gasteiger partial charge in [-0.25, -0.2) is 0 Å². The van der Waals surface area contributed by atoms with Gasteiger partial charge in [0.15, 0.2) is 0 Å². The highest BCUT2D eigenvalue weighted by atomic mass is 16.5. The Balaban J connectivity index is 4.70. The second-order valence-corrected chi connectivity index (χ2v) is 9.15.